The van der Waals surface area contributed by atoms with Crippen molar-refractivity contribution in [3.8, 4) is 11.5 Å². The summed E-state index contributed by atoms with van der Waals surface area (Å²) in [5, 5.41) is 0. The Morgan fingerprint density at radius 1 is 0.895 bits per heavy atom. The molecule has 0 unspecified atom stereocenters. The average molecular weight is 567 g/mol. The number of benzene rings is 2. The number of methoxy groups -OCH3 is 2. The number of nitrogens with zero attached hydrogens (tertiary/aromatic N) is 1. The Kier molecular flexibility index (Phi) is 9.36. The van der Waals surface area contributed by atoms with Gasteiger partial charge < -0.3 is 14.2 Å². The highest BCUT2D eigenvalue weighted by Gasteiger charge is 2.36. The SMILES string of the molecule is COc1ccc(CN([C@H]2CCCC[C@H]2C)S(=O)(=O)c2ccc(S(=O)(=O)NC[C@@H]3CCCO3)cc2)cc1OC. The summed E-state index contributed by atoms with van der Waals surface area (Å²) in [6, 6.07) is 10.7. The first-order valence-corrected chi connectivity index (χ1v) is 16.0. The van der Waals surface area contributed by atoms with Crippen molar-refractivity contribution in [3.63, 3.8) is 0 Å². The van der Waals surface area contributed by atoms with Gasteiger partial charge in [-0.15, -0.1) is 0 Å². The first-order valence-electron chi connectivity index (χ1n) is 13.1. The van der Waals surface area contributed by atoms with Crippen LogP contribution >= 0.6 is 0 Å². The van der Waals surface area contributed by atoms with Gasteiger partial charge in [0.25, 0.3) is 0 Å². The van der Waals surface area contributed by atoms with Crippen molar-refractivity contribution in [1.29, 1.82) is 0 Å². The van der Waals surface area contributed by atoms with Gasteiger partial charge in [0.1, 0.15) is 0 Å². The zero-order valence-corrected chi connectivity index (χ0v) is 23.9. The van der Waals surface area contributed by atoms with E-state index in [1.54, 1.807) is 30.7 Å². The number of ether oxygens (including phenoxy) is 3. The van der Waals surface area contributed by atoms with E-state index in [2.05, 4.69) is 11.6 Å². The minimum atomic E-state index is -3.93. The van der Waals surface area contributed by atoms with Crippen molar-refractivity contribution in [3.05, 3.63) is 48.0 Å². The molecule has 0 aromatic heterocycles. The van der Waals surface area contributed by atoms with Crippen LogP contribution in [0, 0.1) is 5.92 Å². The largest absolute Gasteiger partial charge is 0.493 e. The molecular formula is C27H38N2O7S2. The first kappa shape index (κ1) is 28.8. The minimum Gasteiger partial charge on any atom is -0.493 e. The van der Waals surface area contributed by atoms with Crippen LogP contribution in [-0.2, 0) is 31.3 Å². The van der Waals surface area contributed by atoms with E-state index in [-0.39, 0.29) is 40.9 Å². The molecule has 9 nitrogen and oxygen atoms in total. The number of hydrogen-bond acceptors (Lipinski definition) is 7. The van der Waals surface area contributed by atoms with Crippen LogP contribution in [0.1, 0.15) is 51.0 Å². The van der Waals surface area contributed by atoms with Gasteiger partial charge in [0.2, 0.25) is 20.0 Å². The molecule has 0 radical (unpaired) electrons. The molecule has 1 N–H and O–H groups in total. The Balaban J connectivity index is 1.60. The zero-order chi connectivity index (χ0) is 27.3. The van der Waals surface area contributed by atoms with E-state index in [0.717, 1.165) is 44.1 Å². The van der Waals surface area contributed by atoms with Gasteiger partial charge in [0.15, 0.2) is 11.5 Å². The highest BCUT2D eigenvalue weighted by atomic mass is 32.2. The topological polar surface area (TPSA) is 111 Å². The third kappa shape index (κ3) is 6.51. The van der Waals surface area contributed by atoms with Crippen molar-refractivity contribution in [1.82, 2.24) is 9.03 Å². The summed E-state index contributed by atoms with van der Waals surface area (Å²) in [6.45, 7) is 3.09. The molecule has 2 fully saturated rings. The molecule has 11 heteroatoms. The predicted octanol–water partition coefficient (Wildman–Crippen LogP) is 3.93. The van der Waals surface area contributed by atoms with Crippen LogP contribution < -0.4 is 14.2 Å². The van der Waals surface area contributed by atoms with E-state index in [1.165, 1.54) is 24.3 Å². The molecule has 0 amide bonds. The Bertz CT molecular complexity index is 1290. The highest BCUT2D eigenvalue weighted by molar-refractivity contribution is 7.89. The summed E-state index contributed by atoms with van der Waals surface area (Å²) in [5.74, 6) is 1.30. The molecule has 1 saturated carbocycles. The van der Waals surface area contributed by atoms with E-state index in [0.29, 0.717) is 18.1 Å². The second-order valence-corrected chi connectivity index (χ2v) is 13.7. The van der Waals surface area contributed by atoms with Gasteiger partial charge in [-0.05, 0) is 73.6 Å². The first-order chi connectivity index (χ1) is 18.2. The average Bonchev–Trinajstić information content (AvgIpc) is 3.45. The molecule has 38 heavy (non-hydrogen) atoms. The maximum absolute atomic E-state index is 14.0. The lowest BCUT2D eigenvalue weighted by atomic mass is 9.86. The van der Waals surface area contributed by atoms with Crippen LogP contribution in [0.2, 0.25) is 0 Å². The molecule has 3 atom stereocenters. The summed E-state index contributed by atoms with van der Waals surface area (Å²) in [4.78, 5) is 0.0840. The van der Waals surface area contributed by atoms with Gasteiger partial charge >= 0.3 is 0 Å². The molecule has 1 aliphatic carbocycles. The second-order valence-electron chi connectivity index (χ2n) is 10.0. The molecule has 1 aliphatic heterocycles. The standard InChI is InChI=1S/C27H38N2O7S2/c1-20-7-4-5-9-25(20)29(19-21-10-15-26(34-2)27(17-21)35-3)38(32,33)24-13-11-23(12-14-24)37(30,31)28-18-22-8-6-16-36-22/h10-15,17,20,22,25,28H,4-9,16,18-19H2,1-3H3/t20-,22+,25+/m1/s1. The number of sulfonamides is 2. The van der Waals surface area contributed by atoms with E-state index >= 15 is 0 Å². The fourth-order valence-corrected chi connectivity index (χ4v) is 8.09. The van der Waals surface area contributed by atoms with Crippen LogP contribution in [0.25, 0.3) is 0 Å². The van der Waals surface area contributed by atoms with Crippen LogP contribution in [0.4, 0.5) is 0 Å². The summed E-state index contributed by atoms with van der Waals surface area (Å²) < 4.78 is 74.0. The van der Waals surface area contributed by atoms with Crippen molar-refractivity contribution in [2.24, 2.45) is 5.92 Å². The van der Waals surface area contributed by atoms with Gasteiger partial charge in [-0.25, -0.2) is 21.6 Å². The lowest BCUT2D eigenvalue weighted by Crippen LogP contribution is -2.44. The third-order valence-electron chi connectivity index (χ3n) is 7.49. The third-order valence-corrected chi connectivity index (χ3v) is 10.8. The second kappa shape index (κ2) is 12.3. The van der Waals surface area contributed by atoms with E-state index < -0.39 is 20.0 Å². The maximum Gasteiger partial charge on any atom is 0.243 e. The van der Waals surface area contributed by atoms with Crippen molar-refractivity contribution >= 4 is 20.0 Å². The molecule has 2 aromatic carbocycles. The summed E-state index contributed by atoms with van der Waals surface area (Å²) in [5.41, 5.74) is 0.779. The Hall–Kier alpha value is -2.18. The van der Waals surface area contributed by atoms with Gasteiger partial charge in [0, 0.05) is 25.7 Å². The zero-order valence-electron chi connectivity index (χ0n) is 22.3. The van der Waals surface area contributed by atoms with Crippen molar-refractivity contribution < 1.29 is 31.0 Å². The molecule has 1 heterocycles. The molecule has 4 rings (SSSR count). The summed E-state index contributed by atoms with van der Waals surface area (Å²) in [6.07, 6.45) is 5.36. The molecule has 2 aliphatic rings. The lowest BCUT2D eigenvalue weighted by Gasteiger charge is -2.38. The van der Waals surface area contributed by atoms with Crippen LogP contribution in [0.15, 0.2) is 52.3 Å². The summed E-state index contributed by atoms with van der Waals surface area (Å²) >= 11 is 0. The van der Waals surface area contributed by atoms with Crippen LogP contribution in [0.3, 0.4) is 0 Å². The van der Waals surface area contributed by atoms with Gasteiger partial charge in [-0.1, -0.05) is 25.8 Å². The summed E-state index contributed by atoms with van der Waals surface area (Å²) in [7, 11) is -4.61. The van der Waals surface area contributed by atoms with Gasteiger partial charge in [-0.3, -0.25) is 0 Å². The number of nitrogens with one attached hydrogen (secondary N) is 1. The fourth-order valence-electron chi connectivity index (χ4n) is 5.28. The molecular weight excluding hydrogens is 528 g/mol. The van der Waals surface area contributed by atoms with Crippen molar-refractivity contribution in [2.75, 3.05) is 27.4 Å². The molecule has 0 spiro atoms. The van der Waals surface area contributed by atoms with E-state index in [9.17, 15) is 16.8 Å². The van der Waals surface area contributed by atoms with Gasteiger partial charge in [-0.2, -0.15) is 4.31 Å². The van der Waals surface area contributed by atoms with Crippen LogP contribution in [0.5, 0.6) is 11.5 Å². The molecule has 0 bridgehead atoms. The number of hydrogen-bond donors (Lipinski definition) is 1. The Labute approximate surface area is 226 Å². The van der Waals surface area contributed by atoms with Gasteiger partial charge in [0.05, 0.1) is 30.1 Å². The quantitative estimate of drug-likeness (QED) is 0.439. The predicted molar refractivity (Wildman–Crippen MR) is 144 cm³/mol. The molecule has 1 saturated heterocycles. The molecule has 210 valence electrons. The fraction of sp³-hybridized carbons (Fsp3) is 0.556. The van der Waals surface area contributed by atoms with E-state index in [1.807, 2.05) is 6.07 Å². The highest BCUT2D eigenvalue weighted by Crippen LogP contribution is 2.35. The minimum absolute atomic E-state index is 0.0203. The maximum atomic E-state index is 14.0. The smallest absolute Gasteiger partial charge is 0.243 e. The van der Waals surface area contributed by atoms with Crippen molar-refractivity contribution in [2.45, 2.75) is 73.9 Å². The van der Waals surface area contributed by atoms with E-state index in [4.69, 9.17) is 14.2 Å². The Morgan fingerprint density at radius 2 is 1.58 bits per heavy atom. The molecule has 2 aromatic rings. The Morgan fingerprint density at radius 3 is 2.21 bits per heavy atom. The van der Waals surface area contributed by atoms with Crippen LogP contribution in [-0.4, -0.2) is 60.7 Å². The lowest BCUT2D eigenvalue weighted by molar-refractivity contribution is 0.114. The number of rotatable bonds is 11. The normalized spacial score (nSPS) is 22.5. The monoisotopic (exact) mass is 566 g/mol.